The molecule has 0 radical (unpaired) electrons. The Labute approximate surface area is 264 Å². The third-order valence-electron chi connectivity index (χ3n) is 7.22. The Bertz CT molecular complexity index is 1640. The molecular weight excluding hydrogens is 568 g/mol. The molecular formula is C37H39ClN4O2. The Kier molecular flexibility index (Phi) is 11.6. The van der Waals surface area contributed by atoms with E-state index in [1.807, 2.05) is 109 Å². The minimum Gasteiger partial charge on any atom is -0.485 e. The first-order valence-electron chi connectivity index (χ1n) is 15.2. The monoisotopic (exact) mass is 606 g/mol. The lowest BCUT2D eigenvalue weighted by Crippen LogP contribution is -2.06. The minimum absolute atomic E-state index is 0.437. The zero-order valence-corrected chi connectivity index (χ0v) is 25.7. The summed E-state index contributed by atoms with van der Waals surface area (Å²) in [5.74, 6) is 2.77. The second-order valence-corrected chi connectivity index (χ2v) is 11.1. The molecule has 0 atom stereocenters. The fourth-order valence-corrected chi connectivity index (χ4v) is 5.00. The SMILES string of the molecule is NCCCCCCCNc1nc(C=Cc2ccc(OCc3ccccc3)c(OCc3ccccc3)c2)nc2cc(Cl)ccc12. The molecule has 6 nitrogen and oxygen atoms in total. The topological polar surface area (TPSA) is 82.3 Å². The van der Waals surface area contributed by atoms with Crippen molar-refractivity contribution in [2.75, 3.05) is 18.4 Å². The van der Waals surface area contributed by atoms with E-state index in [0.29, 0.717) is 35.6 Å². The van der Waals surface area contributed by atoms with Crippen molar-refractivity contribution in [2.24, 2.45) is 5.73 Å². The molecule has 0 aliphatic carbocycles. The van der Waals surface area contributed by atoms with Gasteiger partial charge in [-0.1, -0.05) is 104 Å². The van der Waals surface area contributed by atoms with Gasteiger partial charge in [-0.15, -0.1) is 0 Å². The summed E-state index contributed by atoms with van der Waals surface area (Å²) in [5.41, 5.74) is 9.54. The van der Waals surface area contributed by atoms with Crippen LogP contribution >= 0.6 is 11.6 Å². The average molecular weight is 607 g/mol. The van der Waals surface area contributed by atoms with Gasteiger partial charge >= 0.3 is 0 Å². The van der Waals surface area contributed by atoms with Crippen LogP contribution in [-0.2, 0) is 13.2 Å². The third kappa shape index (κ3) is 9.30. The van der Waals surface area contributed by atoms with Crippen LogP contribution in [0.1, 0.15) is 54.6 Å². The molecule has 0 saturated heterocycles. The van der Waals surface area contributed by atoms with Crippen molar-refractivity contribution >= 4 is 40.5 Å². The summed E-state index contributed by atoms with van der Waals surface area (Å²) in [7, 11) is 0. The van der Waals surface area contributed by atoms with Gasteiger partial charge < -0.3 is 20.5 Å². The number of nitrogens with two attached hydrogens (primary N) is 1. The molecule has 1 aromatic heterocycles. The second-order valence-electron chi connectivity index (χ2n) is 10.7. The summed E-state index contributed by atoms with van der Waals surface area (Å²) in [5, 5.41) is 5.12. The van der Waals surface area contributed by atoms with Gasteiger partial charge in [-0.3, -0.25) is 0 Å². The van der Waals surface area contributed by atoms with Crippen LogP contribution in [-0.4, -0.2) is 23.1 Å². The maximum atomic E-state index is 6.32. The number of nitrogens with zero attached hydrogens (tertiary/aromatic N) is 2. The third-order valence-corrected chi connectivity index (χ3v) is 7.45. The maximum absolute atomic E-state index is 6.32. The Balaban J connectivity index is 1.34. The Morgan fingerprint density at radius 3 is 2.09 bits per heavy atom. The van der Waals surface area contributed by atoms with Crippen LogP contribution < -0.4 is 20.5 Å². The number of hydrogen-bond acceptors (Lipinski definition) is 6. The summed E-state index contributed by atoms with van der Waals surface area (Å²) >= 11 is 6.32. The highest BCUT2D eigenvalue weighted by Gasteiger charge is 2.10. The molecule has 5 rings (SSSR count). The molecule has 0 aliphatic rings. The van der Waals surface area contributed by atoms with E-state index in [9.17, 15) is 0 Å². The standard InChI is InChI=1S/C37H39ClN4O2/c38-31-18-19-32-33(25-31)41-36(42-37(32)40-23-11-3-1-2-10-22-39)21-17-28-16-20-34(43-26-29-12-6-4-7-13-29)35(24-28)44-27-30-14-8-5-9-15-30/h4-9,12-21,24-25H,1-3,10-11,22-23,26-27,39H2,(H,40,41,42). The van der Waals surface area contributed by atoms with Gasteiger partial charge in [0.2, 0.25) is 0 Å². The maximum Gasteiger partial charge on any atom is 0.162 e. The molecule has 44 heavy (non-hydrogen) atoms. The van der Waals surface area contributed by atoms with Crippen LogP contribution in [0.4, 0.5) is 5.82 Å². The van der Waals surface area contributed by atoms with Crippen molar-refractivity contribution in [1.82, 2.24) is 9.97 Å². The number of fused-ring (bicyclic) bond motifs is 1. The summed E-state index contributed by atoms with van der Waals surface area (Å²) in [6, 6.07) is 31.9. The smallest absolute Gasteiger partial charge is 0.162 e. The van der Waals surface area contributed by atoms with Gasteiger partial charge in [0.05, 0.1) is 5.52 Å². The number of anilines is 1. The fraction of sp³-hybridized carbons (Fsp3) is 0.243. The molecule has 0 aliphatic heterocycles. The molecule has 1 heterocycles. The zero-order chi connectivity index (χ0) is 30.4. The Morgan fingerprint density at radius 2 is 1.36 bits per heavy atom. The molecule has 0 fully saturated rings. The lowest BCUT2D eigenvalue weighted by molar-refractivity contribution is 0.256. The number of ether oxygens (including phenoxy) is 2. The van der Waals surface area contributed by atoms with E-state index in [1.165, 1.54) is 12.8 Å². The number of rotatable bonds is 16. The highest BCUT2D eigenvalue weighted by molar-refractivity contribution is 6.31. The van der Waals surface area contributed by atoms with E-state index in [0.717, 1.165) is 65.8 Å². The van der Waals surface area contributed by atoms with Gasteiger partial charge in [0.25, 0.3) is 0 Å². The molecule has 0 spiro atoms. The second kappa shape index (κ2) is 16.5. The van der Waals surface area contributed by atoms with Gasteiger partial charge in [0.15, 0.2) is 17.3 Å². The van der Waals surface area contributed by atoms with Gasteiger partial charge in [0, 0.05) is 17.0 Å². The van der Waals surface area contributed by atoms with Crippen LogP contribution in [0, 0.1) is 0 Å². The normalized spacial score (nSPS) is 11.2. The largest absolute Gasteiger partial charge is 0.485 e. The average Bonchev–Trinajstić information content (AvgIpc) is 3.06. The van der Waals surface area contributed by atoms with E-state index in [-0.39, 0.29) is 0 Å². The molecule has 0 amide bonds. The quantitative estimate of drug-likeness (QED) is 0.109. The van der Waals surface area contributed by atoms with E-state index >= 15 is 0 Å². The first-order valence-corrected chi connectivity index (χ1v) is 15.6. The van der Waals surface area contributed by atoms with Crippen molar-refractivity contribution in [2.45, 2.75) is 45.3 Å². The lowest BCUT2D eigenvalue weighted by atomic mass is 10.1. The summed E-state index contributed by atoms with van der Waals surface area (Å²) < 4.78 is 12.4. The number of hydrogen-bond donors (Lipinski definition) is 2. The Morgan fingerprint density at radius 1 is 0.682 bits per heavy atom. The van der Waals surface area contributed by atoms with Gasteiger partial charge in [-0.25, -0.2) is 9.97 Å². The van der Waals surface area contributed by atoms with Gasteiger partial charge in [-0.05, 0) is 72.5 Å². The molecule has 4 aromatic carbocycles. The minimum atomic E-state index is 0.437. The summed E-state index contributed by atoms with van der Waals surface area (Å²) in [6.07, 6.45) is 9.60. The first-order chi connectivity index (χ1) is 21.7. The van der Waals surface area contributed by atoms with Crippen molar-refractivity contribution in [3.05, 3.63) is 125 Å². The van der Waals surface area contributed by atoms with Crippen molar-refractivity contribution < 1.29 is 9.47 Å². The van der Waals surface area contributed by atoms with Crippen molar-refractivity contribution in [3.63, 3.8) is 0 Å². The lowest BCUT2D eigenvalue weighted by Gasteiger charge is -2.14. The van der Waals surface area contributed by atoms with E-state index in [2.05, 4.69) is 5.32 Å². The van der Waals surface area contributed by atoms with E-state index in [1.54, 1.807) is 0 Å². The van der Waals surface area contributed by atoms with Crippen LogP contribution in [0.2, 0.25) is 5.02 Å². The number of aromatic nitrogens is 2. The predicted molar refractivity (Wildman–Crippen MR) is 182 cm³/mol. The summed E-state index contributed by atoms with van der Waals surface area (Å²) in [4.78, 5) is 9.63. The summed E-state index contributed by atoms with van der Waals surface area (Å²) in [6.45, 7) is 2.49. The van der Waals surface area contributed by atoms with Crippen LogP contribution in [0.15, 0.2) is 97.1 Å². The van der Waals surface area contributed by atoms with Crippen molar-refractivity contribution in [1.29, 1.82) is 0 Å². The molecule has 5 aromatic rings. The highest BCUT2D eigenvalue weighted by atomic mass is 35.5. The van der Waals surface area contributed by atoms with Gasteiger partial charge in [0.1, 0.15) is 19.0 Å². The molecule has 7 heteroatoms. The number of halogens is 1. The Hall–Kier alpha value is -4.39. The predicted octanol–water partition coefficient (Wildman–Crippen LogP) is 8.93. The number of unbranched alkanes of at least 4 members (excludes halogenated alkanes) is 4. The first kappa shape index (κ1) is 31.0. The van der Waals surface area contributed by atoms with E-state index in [4.69, 9.17) is 36.8 Å². The molecule has 226 valence electrons. The zero-order valence-electron chi connectivity index (χ0n) is 24.9. The van der Waals surface area contributed by atoms with Crippen molar-refractivity contribution in [3.8, 4) is 11.5 Å². The molecule has 3 N–H and O–H groups in total. The number of nitrogens with one attached hydrogen (secondary N) is 1. The molecule has 0 saturated carbocycles. The highest BCUT2D eigenvalue weighted by Crippen LogP contribution is 2.31. The fourth-order valence-electron chi connectivity index (χ4n) is 4.84. The molecule has 0 unspecified atom stereocenters. The van der Waals surface area contributed by atoms with Gasteiger partial charge in [-0.2, -0.15) is 0 Å². The molecule has 0 bridgehead atoms. The van der Waals surface area contributed by atoms with Crippen LogP contribution in [0.3, 0.4) is 0 Å². The van der Waals surface area contributed by atoms with E-state index < -0.39 is 0 Å². The number of benzene rings is 4. The van der Waals surface area contributed by atoms with Crippen LogP contribution in [0.5, 0.6) is 11.5 Å². The van der Waals surface area contributed by atoms with Crippen LogP contribution in [0.25, 0.3) is 23.1 Å².